The first-order chi connectivity index (χ1) is 13.8. The molecule has 3 rings (SSSR count). The molecular formula is C23H25NO5. The Bertz CT molecular complexity index is 966. The van der Waals surface area contributed by atoms with Crippen molar-refractivity contribution >= 4 is 23.3 Å². The monoisotopic (exact) mass is 395 g/mol. The Hall–Kier alpha value is -3.15. The number of Topliss-reactive ketones (excluding diaryl/α,β-unsaturated/α-hetero) is 1. The van der Waals surface area contributed by atoms with Gasteiger partial charge in [0.2, 0.25) is 11.7 Å². The van der Waals surface area contributed by atoms with Gasteiger partial charge in [-0.1, -0.05) is 18.2 Å². The minimum absolute atomic E-state index is 0.0493. The van der Waals surface area contributed by atoms with Gasteiger partial charge in [-0.2, -0.15) is 0 Å². The molecule has 0 spiro atoms. The average Bonchev–Trinajstić information content (AvgIpc) is 3.10. The van der Waals surface area contributed by atoms with Gasteiger partial charge in [0.05, 0.1) is 18.7 Å². The van der Waals surface area contributed by atoms with E-state index < -0.39 is 11.9 Å². The molecule has 6 heteroatoms. The van der Waals surface area contributed by atoms with Crippen LogP contribution in [0.5, 0.6) is 5.75 Å². The summed E-state index contributed by atoms with van der Waals surface area (Å²) in [4.78, 5) is 38.9. The Morgan fingerprint density at radius 1 is 1.07 bits per heavy atom. The number of hydrogen-bond donors (Lipinski definition) is 0. The second kappa shape index (κ2) is 8.47. The van der Waals surface area contributed by atoms with Crippen LogP contribution in [0.2, 0.25) is 0 Å². The van der Waals surface area contributed by atoms with Crippen molar-refractivity contribution in [3.63, 3.8) is 0 Å². The maximum Gasteiger partial charge on any atom is 0.311 e. The molecule has 0 N–H and O–H groups in total. The van der Waals surface area contributed by atoms with Gasteiger partial charge < -0.3 is 14.4 Å². The van der Waals surface area contributed by atoms with E-state index in [0.29, 0.717) is 17.0 Å². The maximum atomic E-state index is 12.5. The van der Waals surface area contributed by atoms with Crippen LogP contribution in [0.4, 0.5) is 5.69 Å². The standard InChI is InChI=1S/C23H25NO5/c1-14-9-16(3)18(10-15(14)2)20(25)13-29-23(27)17-11-22(26)24(12-17)19-7-5-6-8-21(19)28-4/h5-10,17H,11-13H2,1-4H3/t17-/m0/s1. The van der Waals surface area contributed by atoms with E-state index in [9.17, 15) is 14.4 Å². The van der Waals surface area contributed by atoms with Crippen LogP contribution in [0.1, 0.15) is 33.5 Å². The van der Waals surface area contributed by atoms with Gasteiger partial charge in [-0.05, 0) is 55.7 Å². The summed E-state index contributed by atoms with van der Waals surface area (Å²) in [6.45, 7) is 5.66. The molecule has 0 saturated carbocycles. The molecule has 1 fully saturated rings. The molecule has 1 atom stereocenters. The smallest absolute Gasteiger partial charge is 0.311 e. The molecule has 6 nitrogen and oxygen atoms in total. The molecule has 1 aliphatic heterocycles. The zero-order valence-electron chi connectivity index (χ0n) is 17.2. The van der Waals surface area contributed by atoms with Crippen molar-refractivity contribution in [3.8, 4) is 5.75 Å². The molecular weight excluding hydrogens is 370 g/mol. The number of methoxy groups -OCH3 is 1. The van der Waals surface area contributed by atoms with E-state index >= 15 is 0 Å². The fourth-order valence-electron chi connectivity index (χ4n) is 3.54. The van der Waals surface area contributed by atoms with Crippen LogP contribution >= 0.6 is 0 Å². The van der Waals surface area contributed by atoms with Crippen molar-refractivity contribution in [1.29, 1.82) is 0 Å². The Balaban J connectivity index is 1.64. The van der Waals surface area contributed by atoms with E-state index in [1.54, 1.807) is 18.2 Å². The van der Waals surface area contributed by atoms with Gasteiger partial charge in [0.25, 0.3) is 0 Å². The van der Waals surface area contributed by atoms with Crippen molar-refractivity contribution in [2.45, 2.75) is 27.2 Å². The second-order valence-electron chi connectivity index (χ2n) is 7.36. The summed E-state index contributed by atoms with van der Waals surface area (Å²) in [5.41, 5.74) is 4.15. The minimum Gasteiger partial charge on any atom is -0.495 e. The molecule has 1 amide bonds. The second-order valence-corrected chi connectivity index (χ2v) is 7.36. The summed E-state index contributed by atoms with van der Waals surface area (Å²) in [5.74, 6) is -1.00. The molecule has 1 aliphatic rings. The summed E-state index contributed by atoms with van der Waals surface area (Å²) in [7, 11) is 1.53. The van der Waals surface area contributed by atoms with E-state index in [2.05, 4.69) is 0 Å². The number of para-hydroxylation sites is 2. The summed E-state index contributed by atoms with van der Waals surface area (Å²) in [6.07, 6.45) is 0.0493. The first kappa shape index (κ1) is 20.6. The number of rotatable bonds is 6. The molecule has 0 radical (unpaired) electrons. The number of anilines is 1. The Kier molecular flexibility index (Phi) is 6.01. The van der Waals surface area contributed by atoms with Crippen LogP contribution in [0, 0.1) is 26.7 Å². The molecule has 0 aliphatic carbocycles. The molecule has 29 heavy (non-hydrogen) atoms. The van der Waals surface area contributed by atoms with Crippen molar-refractivity contribution in [1.82, 2.24) is 0 Å². The van der Waals surface area contributed by atoms with E-state index in [-0.39, 0.29) is 31.3 Å². The quantitative estimate of drug-likeness (QED) is 0.554. The molecule has 1 heterocycles. The fourth-order valence-corrected chi connectivity index (χ4v) is 3.54. The number of ether oxygens (including phenoxy) is 2. The average molecular weight is 395 g/mol. The number of carbonyl (C=O) groups is 3. The van der Waals surface area contributed by atoms with E-state index in [4.69, 9.17) is 9.47 Å². The van der Waals surface area contributed by atoms with E-state index in [1.807, 2.05) is 39.0 Å². The molecule has 0 unspecified atom stereocenters. The number of nitrogens with zero attached hydrogens (tertiary/aromatic N) is 1. The van der Waals surface area contributed by atoms with Crippen LogP contribution in [0.25, 0.3) is 0 Å². The lowest BCUT2D eigenvalue weighted by atomic mass is 9.98. The lowest BCUT2D eigenvalue weighted by molar-refractivity contribution is -0.147. The topological polar surface area (TPSA) is 72.9 Å². The highest BCUT2D eigenvalue weighted by Crippen LogP contribution is 2.33. The van der Waals surface area contributed by atoms with Crippen LogP contribution in [0.15, 0.2) is 36.4 Å². The van der Waals surface area contributed by atoms with Crippen molar-refractivity contribution in [2.24, 2.45) is 5.92 Å². The summed E-state index contributed by atoms with van der Waals surface area (Å²) >= 11 is 0. The van der Waals surface area contributed by atoms with Crippen molar-refractivity contribution < 1.29 is 23.9 Å². The first-order valence-corrected chi connectivity index (χ1v) is 9.53. The highest BCUT2D eigenvalue weighted by atomic mass is 16.5. The SMILES string of the molecule is COc1ccccc1N1C[C@@H](C(=O)OCC(=O)c2cc(C)c(C)cc2C)CC1=O. The van der Waals surface area contributed by atoms with Crippen molar-refractivity contribution in [2.75, 3.05) is 25.2 Å². The summed E-state index contributed by atoms with van der Waals surface area (Å²) in [6, 6.07) is 10.9. The third kappa shape index (κ3) is 4.31. The number of benzene rings is 2. The molecule has 2 aromatic rings. The predicted molar refractivity (Wildman–Crippen MR) is 109 cm³/mol. The third-order valence-electron chi connectivity index (χ3n) is 5.32. The zero-order chi connectivity index (χ0) is 21.1. The molecule has 0 bridgehead atoms. The van der Waals surface area contributed by atoms with Gasteiger partial charge in [0.1, 0.15) is 5.75 Å². The van der Waals surface area contributed by atoms with Crippen LogP contribution in [-0.4, -0.2) is 37.9 Å². The van der Waals surface area contributed by atoms with E-state index in [0.717, 1.165) is 16.7 Å². The lowest BCUT2D eigenvalue weighted by Crippen LogP contribution is -2.27. The number of amides is 1. The summed E-state index contributed by atoms with van der Waals surface area (Å²) in [5, 5.41) is 0. The first-order valence-electron chi connectivity index (χ1n) is 9.53. The summed E-state index contributed by atoms with van der Waals surface area (Å²) < 4.78 is 10.6. The minimum atomic E-state index is -0.610. The van der Waals surface area contributed by atoms with Crippen LogP contribution in [-0.2, 0) is 14.3 Å². The highest BCUT2D eigenvalue weighted by molar-refractivity contribution is 6.02. The Labute approximate surface area is 170 Å². The van der Waals surface area contributed by atoms with Gasteiger partial charge >= 0.3 is 5.97 Å². The normalized spacial score (nSPS) is 16.1. The van der Waals surface area contributed by atoms with Crippen molar-refractivity contribution in [3.05, 3.63) is 58.7 Å². The number of hydrogen-bond acceptors (Lipinski definition) is 5. The molecule has 152 valence electrons. The maximum absolute atomic E-state index is 12.5. The highest BCUT2D eigenvalue weighted by Gasteiger charge is 2.37. The molecule has 0 aromatic heterocycles. The predicted octanol–water partition coefficient (Wildman–Crippen LogP) is 3.40. The van der Waals surface area contributed by atoms with Crippen LogP contribution < -0.4 is 9.64 Å². The number of aryl methyl sites for hydroxylation is 3. The van der Waals surface area contributed by atoms with Gasteiger partial charge in [0, 0.05) is 18.5 Å². The zero-order valence-corrected chi connectivity index (χ0v) is 17.2. The van der Waals surface area contributed by atoms with Gasteiger partial charge in [0.15, 0.2) is 6.61 Å². The molecule has 2 aromatic carbocycles. The lowest BCUT2D eigenvalue weighted by Gasteiger charge is -2.19. The van der Waals surface area contributed by atoms with Gasteiger partial charge in [-0.15, -0.1) is 0 Å². The number of ketones is 1. The largest absolute Gasteiger partial charge is 0.495 e. The van der Waals surface area contributed by atoms with Crippen LogP contribution in [0.3, 0.4) is 0 Å². The Morgan fingerprint density at radius 3 is 2.48 bits per heavy atom. The fraction of sp³-hybridized carbons (Fsp3) is 0.348. The third-order valence-corrected chi connectivity index (χ3v) is 5.32. The molecule has 1 saturated heterocycles. The number of carbonyl (C=O) groups excluding carboxylic acids is 3. The Morgan fingerprint density at radius 2 is 1.76 bits per heavy atom. The van der Waals surface area contributed by atoms with Gasteiger partial charge in [-0.3, -0.25) is 14.4 Å². The van der Waals surface area contributed by atoms with Gasteiger partial charge in [-0.25, -0.2) is 0 Å². The van der Waals surface area contributed by atoms with E-state index in [1.165, 1.54) is 12.0 Å². The number of esters is 1.